The van der Waals surface area contributed by atoms with Crippen LogP contribution in [0.4, 0.5) is 0 Å². The number of halogens is 1. The predicted octanol–water partition coefficient (Wildman–Crippen LogP) is 3.58. The number of thiophene rings is 1. The van der Waals surface area contributed by atoms with Crippen LogP contribution in [-0.4, -0.2) is 12.1 Å². The van der Waals surface area contributed by atoms with Crippen LogP contribution in [0, 0.1) is 6.92 Å². The molecule has 0 atom stereocenters. The summed E-state index contributed by atoms with van der Waals surface area (Å²) in [5.41, 5.74) is 3.07. The van der Waals surface area contributed by atoms with E-state index in [1.165, 1.54) is 4.88 Å². The number of carbonyl (C=O) groups excluding carboxylic acids is 1. The number of amides is 1. The molecule has 2 aromatic rings. The third-order valence-corrected chi connectivity index (χ3v) is 3.63. The van der Waals surface area contributed by atoms with Crippen LogP contribution in [-0.2, 0) is 0 Å². The van der Waals surface area contributed by atoms with E-state index in [1.807, 2.05) is 31.2 Å². The summed E-state index contributed by atoms with van der Waals surface area (Å²) in [5.74, 6) is -0.221. The predicted molar refractivity (Wildman–Crippen MR) is 78.3 cm³/mol. The van der Waals surface area contributed by atoms with E-state index >= 15 is 0 Å². The van der Waals surface area contributed by atoms with Gasteiger partial charge in [0.2, 0.25) is 0 Å². The average molecular weight is 323 g/mol. The van der Waals surface area contributed by atoms with E-state index in [9.17, 15) is 4.79 Å². The molecule has 0 spiro atoms. The van der Waals surface area contributed by atoms with Crippen LogP contribution in [0.5, 0.6) is 0 Å². The largest absolute Gasteiger partial charge is 0.271 e. The molecule has 92 valence electrons. The SMILES string of the molecule is Cc1ccc(/C=N\NC(=O)c2cccc(Br)c2)s1. The van der Waals surface area contributed by atoms with Crippen molar-refractivity contribution in [2.24, 2.45) is 5.10 Å². The molecule has 0 aliphatic rings. The zero-order chi connectivity index (χ0) is 13.0. The Morgan fingerprint density at radius 2 is 2.22 bits per heavy atom. The molecule has 1 aromatic heterocycles. The maximum atomic E-state index is 11.8. The van der Waals surface area contributed by atoms with E-state index in [0.717, 1.165) is 9.35 Å². The Labute approximate surface area is 118 Å². The normalized spacial score (nSPS) is 10.8. The van der Waals surface area contributed by atoms with E-state index in [-0.39, 0.29) is 5.91 Å². The first-order valence-corrected chi connectivity index (χ1v) is 6.91. The fourth-order valence-electron chi connectivity index (χ4n) is 1.37. The zero-order valence-electron chi connectivity index (χ0n) is 9.68. The fraction of sp³-hybridized carbons (Fsp3) is 0.0769. The van der Waals surface area contributed by atoms with Crippen molar-refractivity contribution in [3.63, 3.8) is 0 Å². The monoisotopic (exact) mass is 322 g/mol. The van der Waals surface area contributed by atoms with Crippen LogP contribution < -0.4 is 5.43 Å². The van der Waals surface area contributed by atoms with Gasteiger partial charge in [-0.3, -0.25) is 4.79 Å². The van der Waals surface area contributed by atoms with E-state index in [2.05, 4.69) is 26.5 Å². The highest BCUT2D eigenvalue weighted by Gasteiger charge is 2.03. The number of nitrogens with zero attached hydrogens (tertiary/aromatic N) is 1. The number of hydrazone groups is 1. The van der Waals surface area contributed by atoms with Gasteiger partial charge in [0, 0.05) is 19.8 Å². The summed E-state index contributed by atoms with van der Waals surface area (Å²) in [6, 6.07) is 11.2. The number of benzene rings is 1. The molecule has 1 heterocycles. The Morgan fingerprint density at radius 1 is 1.39 bits per heavy atom. The van der Waals surface area contributed by atoms with E-state index in [4.69, 9.17) is 0 Å². The van der Waals surface area contributed by atoms with Crippen molar-refractivity contribution in [3.8, 4) is 0 Å². The fourth-order valence-corrected chi connectivity index (χ4v) is 2.52. The number of rotatable bonds is 3. The Bertz CT molecular complexity index is 592. The van der Waals surface area contributed by atoms with Gasteiger partial charge in [-0.05, 0) is 37.3 Å². The molecule has 1 amide bonds. The van der Waals surface area contributed by atoms with Gasteiger partial charge < -0.3 is 0 Å². The van der Waals surface area contributed by atoms with Crippen LogP contribution in [0.2, 0.25) is 0 Å². The van der Waals surface area contributed by atoms with Crippen molar-refractivity contribution in [2.45, 2.75) is 6.92 Å². The molecule has 0 saturated carbocycles. The Kier molecular flexibility index (Phi) is 4.28. The van der Waals surface area contributed by atoms with Crippen LogP contribution in [0.25, 0.3) is 0 Å². The second-order valence-electron chi connectivity index (χ2n) is 3.66. The molecule has 18 heavy (non-hydrogen) atoms. The van der Waals surface area contributed by atoms with Crippen LogP contribution in [0.15, 0.2) is 46.0 Å². The molecule has 1 N–H and O–H groups in total. The topological polar surface area (TPSA) is 41.5 Å². The number of carbonyl (C=O) groups is 1. The van der Waals surface area contributed by atoms with Crippen molar-refractivity contribution in [2.75, 3.05) is 0 Å². The molecular weight excluding hydrogens is 312 g/mol. The zero-order valence-corrected chi connectivity index (χ0v) is 12.1. The molecule has 0 aliphatic carbocycles. The summed E-state index contributed by atoms with van der Waals surface area (Å²) >= 11 is 4.95. The minimum atomic E-state index is -0.221. The van der Waals surface area contributed by atoms with Crippen molar-refractivity contribution in [1.82, 2.24) is 5.43 Å². The third-order valence-electron chi connectivity index (χ3n) is 2.21. The Hall–Kier alpha value is -1.46. The first-order chi connectivity index (χ1) is 8.65. The lowest BCUT2D eigenvalue weighted by Crippen LogP contribution is -2.17. The molecule has 0 fully saturated rings. The summed E-state index contributed by atoms with van der Waals surface area (Å²) < 4.78 is 0.869. The van der Waals surface area contributed by atoms with Gasteiger partial charge in [-0.25, -0.2) is 5.43 Å². The van der Waals surface area contributed by atoms with Crippen molar-refractivity contribution in [3.05, 3.63) is 56.2 Å². The highest BCUT2D eigenvalue weighted by Crippen LogP contribution is 2.13. The first kappa shape index (κ1) is 13.0. The molecule has 3 nitrogen and oxygen atoms in total. The molecule has 0 aliphatic heterocycles. The lowest BCUT2D eigenvalue weighted by atomic mass is 10.2. The highest BCUT2D eigenvalue weighted by molar-refractivity contribution is 9.10. The number of hydrogen-bond donors (Lipinski definition) is 1. The summed E-state index contributed by atoms with van der Waals surface area (Å²) in [7, 11) is 0. The number of hydrogen-bond acceptors (Lipinski definition) is 3. The highest BCUT2D eigenvalue weighted by atomic mass is 79.9. The standard InChI is InChI=1S/C13H11BrN2OS/c1-9-5-6-12(18-9)8-15-16-13(17)10-3-2-4-11(14)7-10/h2-8H,1H3,(H,16,17)/b15-8-. The second-order valence-corrected chi connectivity index (χ2v) is 5.89. The van der Waals surface area contributed by atoms with Gasteiger partial charge in [0.05, 0.1) is 6.21 Å². The van der Waals surface area contributed by atoms with Gasteiger partial charge in [0.25, 0.3) is 5.91 Å². The van der Waals surface area contributed by atoms with Gasteiger partial charge in [-0.15, -0.1) is 11.3 Å². The average Bonchev–Trinajstić information content (AvgIpc) is 2.75. The number of aryl methyl sites for hydroxylation is 1. The molecule has 5 heteroatoms. The smallest absolute Gasteiger partial charge is 0.267 e. The van der Waals surface area contributed by atoms with E-state index in [1.54, 1.807) is 29.7 Å². The quantitative estimate of drug-likeness (QED) is 0.681. The van der Waals surface area contributed by atoms with Gasteiger partial charge in [0.1, 0.15) is 0 Å². The van der Waals surface area contributed by atoms with Gasteiger partial charge in [-0.1, -0.05) is 22.0 Å². The summed E-state index contributed by atoms with van der Waals surface area (Å²) in [5, 5.41) is 3.93. The second kappa shape index (κ2) is 5.93. The minimum absolute atomic E-state index is 0.221. The van der Waals surface area contributed by atoms with Crippen LogP contribution in [0.1, 0.15) is 20.1 Å². The lowest BCUT2D eigenvalue weighted by molar-refractivity contribution is 0.0955. The Balaban J connectivity index is 1.98. The minimum Gasteiger partial charge on any atom is -0.267 e. The molecule has 0 radical (unpaired) electrons. The first-order valence-electron chi connectivity index (χ1n) is 5.30. The summed E-state index contributed by atoms with van der Waals surface area (Å²) in [6.07, 6.45) is 1.65. The molecule has 2 rings (SSSR count). The molecule has 1 aromatic carbocycles. The molecule has 0 bridgehead atoms. The van der Waals surface area contributed by atoms with Crippen molar-refractivity contribution >= 4 is 39.4 Å². The van der Waals surface area contributed by atoms with Gasteiger partial charge >= 0.3 is 0 Å². The Morgan fingerprint density at radius 3 is 2.89 bits per heavy atom. The maximum Gasteiger partial charge on any atom is 0.271 e. The summed E-state index contributed by atoms with van der Waals surface area (Å²) in [6.45, 7) is 2.03. The molecular formula is C13H11BrN2OS. The maximum absolute atomic E-state index is 11.8. The van der Waals surface area contributed by atoms with Crippen molar-refractivity contribution in [1.29, 1.82) is 0 Å². The van der Waals surface area contributed by atoms with E-state index < -0.39 is 0 Å². The lowest BCUT2D eigenvalue weighted by Gasteiger charge is -1.99. The van der Waals surface area contributed by atoms with Gasteiger partial charge in [0.15, 0.2) is 0 Å². The molecule has 0 unspecified atom stereocenters. The summed E-state index contributed by atoms with van der Waals surface area (Å²) in [4.78, 5) is 14.0. The van der Waals surface area contributed by atoms with E-state index in [0.29, 0.717) is 5.56 Å². The number of nitrogens with one attached hydrogen (secondary N) is 1. The van der Waals surface area contributed by atoms with Crippen LogP contribution in [0.3, 0.4) is 0 Å². The molecule has 0 saturated heterocycles. The third kappa shape index (κ3) is 3.51. The van der Waals surface area contributed by atoms with Crippen molar-refractivity contribution < 1.29 is 4.79 Å². The van der Waals surface area contributed by atoms with Gasteiger partial charge in [-0.2, -0.15) is 5.10 Å². The van der Waals surface area contributed by atoms with Crippen LogP contribution >= 0.6 is 27.3 Å².